The standard InChI is InChI=1S/C46H27N3/c1-2-11-28-24-41-37(23-27(28)10-1)45-44-35-17-6-8-19-40(35)48(42(44)25-36-33-15-5-7-18-39(33)49(41)46(36)45)30-13-9-12-29(22-30)43-34-16-4-3-14-31(34)32-20-21-47-26-38(32)43/h1-26,43H. The van der Waals surface area contributed by atoms with Gasteiger partial charge in [0.2, 0.25) is 0 Å². The fourth-order valence-electron chi connectivity index (χ4n) is 9.22. The Morgan fingerprint density at radius 2 is 1.22 bits per heavy atom. The highest BCUT2D eigenvalue weighted by atomic mass is 15.0. The molecule has 0 fully saturated rings. The van der Waals surface area contributed by atoms with Crippen LogP contribution in [-0.4, -0.2) is 14.0 Å². The molecule has 0 spiro atoms. The molecule has 1 aliphatic carbocycles. The lowest BCUT2D eigenvalue weighted by atomic mass is 9.90. The van der Waals surface area contributed by atoms with Crippen LogP contribution in [-0.2, 0) is 0 Å². The summed E-state index contributed by atoms with van der Waals surface area (Å²) in [5, 5.41) is 10.3. The highest BCUT2D eigenvalue weighted by Gasteiger charge is 2.30. The number of fused-ring (bicyclic) bond motifs is 14. The number of pyridine rings is 1. The average molecular weight is 622 g/mol. The van der Waals surface area contributed by atoms with Crippen molar-refractivity contribution in [2.75, 3.05) is 0 Å². The van der Waals surface area contributed by atoms with E-state index in [9.17, 15) is 0 Å². The molecule has 1 unspecified atom stereocenters. The first-order valence-corrected chi connectivity index (χ1v) is 17.0. The molecule has 0 aliphatic heterocycles. The molecule has 0 radical (unpaired) electrons. The third-order valence-corrected chi connectivity index (χ3v) is 11.2. The number of hydrogen-bond donors (Lipinski definition) is 0. The Labute approximate surface area is 281 Å². The van der Waals surface area contributed by atoms with Gasteiger partial charge in [-0.1, -0.05) is 97.1 Å². The summed E-state index contributed by atoms with van der Waals surface area (Å²) in [7, 11) is 0. The molecule has 11 aromatic rings. The first-order chi connectivity index (χ1) is 24.3. The van der Waals surface area contributed by atoms with Crippen molar-refractivity contribution in [1.29, 1.82) is 0 Å². The molecule has 1 aliphatic rings. The van der Waals surface area contributed by atoms with E-state index in [1.54, 1.807) is 0 Å². The number of rotatable bonds is 2. The quantitative estimate of drug-likeness (QED) is 0.188. The van der Waals surface area contributed by atoms with Crippen molar-refractivity contribution in [3.63, 3.8) is 0 Å². The fourth-order valence-corrected chi connectivity index (χ4v) is 9.22. The average Bonchev–Trinajstić information content (AvgIpc) is 3.87. The number of benzene rings is 7. The Hall–Kier alpha value is -6.45. The third kappa shape index (κ3) is 3.20. The summed E-state index contributed by atoms with van der Waals surface area (Å²) in [4.78, 5) is 4.57. The van der Waals surface area contributed by atoms with Gasteiger partial charge in [-0.05, 0) is 87.1 Å². The summed E-state index contributed by atoms with van der Waals surface area (Å²) in [5.74, 6) is 0.135. The van der Waals surface area contributed by atoms with E-state index in [1.165, 1.54) is 104 Å². The van der Waals surface area contributed by atoms with Gasteiger partial charge < -0.3 is 8.97 Å². The van der Waals surface area contributed by atoms with Gasteiger partial charge in [0.05, 0.1) is 27.6 Å². The maximum Gasteiger partial charge on any atom is 0.0628 e. The Bertz CT molecular complexity index is 3130. The van der Waals surface area contributed by atoms with Gasteiger partial charge in [0.25, 0.3) is 0 Å². The van der Waals surface area contributed by atoms with Crippen molar-refractivity contribution in [1.82, 2.24) is 14.0 Å². The number of hydrogen-bond acceptors (Lipinski definition) is 1. The molecule has 1 atom stereocenters. The van der Waals surface area contributed by atoms with Crippen LogP contribution in [0.3, 0.4) is 0 Å². The van der Waals surface area contributed by atoms with E-state index in [0.717, 1.165) is 0 Å². The van der Waals surface area contributed by atoms with Gasteiger partial charge in [0.15, 0.2) is 0 Å². The van der Waals surface area contributed by atoms with E-state index in [-0.39, 0.29) is 5.92 Å². The molecule has 0 N–H and O–H groups in total. The highest BCUT2D eigenvalue weighted by Crippen LogP contribution is 2.49. The molecule has 226 valence electrons. The van der Waals surface area contributed by atoms with Crippen molar-refractivity contribution in [2.45, 2.75) is 5.92 Å². The summed E-state index contributed by atoms with van der Waals surface area (Å²) >= 11 is 0. The molecule has 0 saturated carbocycles. The van der Waals surface area contributed by atoms with Crippen LogP contribution in [0.2, 0.25) is 0 Å². The van der Waals surface area contributed by atoms with E-state index in [0.29, 0.717) is 0 Å². The minimum absolute atomic E-state index is 0.135. The second-order valence-corrected chi connectivity index (χ2v) is 13.5. The summed E-state index contributed by atoms with van der Waals surface area (Å²) in [5.41, 5.74) is 13.9. The van der Waals surface area contributed by atoms with Crippen LogP contribution >= 0.6 is 0 Å². The van der Waals surface area contributed by atoms with Gasteiger partial charge in [-0.3, -0.25) is 4.98 Å². The topological polar surface area (TPSA) is 22.2 Å². The summed E-state index contributed by atoms with van der Waals surface area (Å²) in [6.07, 6.45) is 3.97. The molecule has 3 nitrogen and oxygen atoms in total. The lowest BCUT2D eigenvalue weighted by Crippen LogP contribution is -2.02. The maximum absolute atomic E-state index is 4.57. The Balaban J connectivity index is 1.22. The molecular formula is C46H27N3. The molecule has 4 aromatic heterocycles. The minimum Gasteiger partial charge on any atom is -0.309 e. The van der Waals surface area contributed by atoms with Crippen molar-refractivity contribution < 1.29 is 0 Å². The second kappa shape index (κ2) is 9.12. The lowest BCUT2D eigenvalue weighted by molar-refractivity contribution is 0.994. The Morgan fingerprint density at radius 3 is 2.14 bits per heavy atom. The molecule has 0 amide bonds. The highest BCUT2D eigenvalue weighted by molar-refractivity contribution is 6.36. The van der Waals surface area contributed by atoms with Crippen LogP contribution in [0.4, 0.5) is 0 Å². The van der Waals surface area contributed by atoms with Gasteiger partial charge in [0, 0.05) is 56.3 Å². The zero-order valence-corrected chi connectivity index (χ0v) is 26.4. The van der Waals surface area contributed by atoms with Gasteiger partial charge in [-0.2, -0.15) is 0 Å². The van der Waals surface area contributed by atoms with Gasteiger partial charge >= 0.3 is 0 Å². The molecule has 49 heavy (non-hydrogen) atoms. The molecule has 3 heteroatoms. The Morgan fingerprint density at radius 1 is 0.469 bits per heavy atom. The molecule has 4 heterocycles. The van der Waals surface area contributed by atoms with Crippen LogP contribution < -0.4 is 0 Å². The smallest absolute Gasteiger partial charge is 0.0628 e. The van der Waals surface area contributed by atoms with E-state index in [4.69, 9.17) is 0 Å². The Kier molecular flexibility index (Phi) is 4.77. The van der Waals surface area contributed by atoms with Crippen LogP contribution in [0.5, 0.6) is 0 Å². The monoisotopic (exact) mass is 621 g/mol. The first kappa shape index (κ1) is 25.6. The van der Waals surface area contributed by atoms with Crippen LogP contribution in [0.15, 0.2) is 158 Å². The van der Waals surface area contributed by atoms with Crippen molar-refractivity contribution in [3.05, 3.63) is 175 Å². The van der Waals surface area contributed by atoms with Crippen LogP contribution in [0.1, 0.15) is 22.6 Å². The summed E-state index contributed by atoms with van der Waals surface area (Å²) in [6, 6.07) is 54.0. The predicted octanol–water partition coefficient (Wildman–Crippen LogP) is 11.6. The normalized spacial score (nSPS) is 14.3. The van der Waals surface area contributed by atoms with Gasteiger partial charge in [-0.25, -0.2) is 0 Å². The van der Waals surface area contributed by atoms with Gasteiger partial charge in [0.1, 0.15) is 0 Å². The molecule has 0 bridgehead atoms. The van der Waals surface area contributed by atoms with E-state index < -0.39 is 0 Å². The van der Waals surface area contributed by atoms with Crippen molar-refractivity contribution in [2.24, 2.45) is 0 Å². The van der Waals surface area contributed by atoms with Crippen LogP contribution in [0.25, 0.3) is 87.5 Å². The van der Waals surface area contributed by atoms with E-state index in [2.05, 4.69) is 166 Å². The molecule has 12 rings (SSSR count). The number of nitrogens with zero attached hydrogens (tertiary/aromatic N) is 3. The van der Waals surface area contributed by atoms with Gasteiger partial charge in [-0.15, -0.1) is 0 Å². The number of aromatic nitrogens is 3. The SMILES string of the molecule is c1cc(C2c3ccccc3-c3ccncc32)cc(-n2c3ccccc3c3c4c5cc6ccccc6cc5n5c6ccccc6c(cc32)c45)c1. The summed E-state index contributed by atoms with van der Waals surface area (Å²) < 4.78 is 5.01. The maximum atomic E-state index is 4.57. The molecule has 7 aromatic carbocycles. The van der Waals surface area contributed by atoms with Crippen LogP contribution in [0, 0.1) is 0 Å². The van der Waals surface area contributed by atoms with Crippen molar-refractivity contribution in [3.8, 4) is 16.8 Å². The fraction of sp³-hybridized carbons (Fsp3) is 0.0217. The first-order valence-electron chi connectivity index (χ1n) is 17.0. The lowest BCUT2D eigenvalue weighted by Gasteiger charge is -2.16. The van der Waals surface area contributed by atoms with Crippen molar-refractivity contribution >= 4 is 70.7 Å². The van der Waals surface area contributed by atoms with E-state index >= 15 is 0 Å². The zero-order chi connectivity index (χ0) is 31.8. The zero-order valence-electron chi connectivity index (χ0n) is 26.4. The number of para-hydroxylation sites is 2. The van der Waals surface area contributed by atoms with E-state index in [1.807, 2.05) is 6.20 Å². The molecule has 0 saturated heterocycles. The largest absolute Gasteiger partial charge is 0.309 e. The third-order valence-electron chi connectivity index (χ3n) is 11.2. The summed E-state index contributed by atoms with van der Waals surface area (Å²) in [6.45, 7) is 0. The minimum atomic E-state index is 0.135. The second-order valence-electron chi connectivity index (χ2n) is 13.5. The molecular weight excluding hydrogens is 595 g/mol. The predicted molar refractivity (Wildman–Crippen MR) is 204 cm³/mol.